The van der Waals surface area contributed by atoms with Crippen LogP contribution in [0.25, 0.3) is 0 Å². The lowest BCUT2D eigenvalue weighted by molar-refractivity contribution is -0.140. The molecular weight excluding hydrogens is 268 g/mol. The molecule has 0 saturated carbocycles. The lowest BCUT2D eigenvalue weighted by Gasteiger charge is -2.08. The Kier molecular flexibility index (Phi) is 6.14. The first-order valence-electron chi connectivity index (χ1n) is 5.71. The average Bonchev–Trinajstić information content (AvgIpc) is 2.40. The second-order valence-electron chi connectivity index (χ2n) is 3.47. The molecule has 1 aromatic rings. The summed E-state index contributed by atoms with van der Waals surface area (Å²) in [6.07, 6.45) is 1.75. The summed E-state index contributed by atoms with van der Waals surface area (Å²) in [6.45, 7) is 2.01. The molecular formula is C12H16N2O4S. The fraction of sp³-hybridized carbons (Fsp3) is 0.417. The summed E-state index contributed by atoms with van der Waals surface area (Å²) < 4.78 is 9.43. The molecule has 0 fully saturated rings. The molecule has 1 aromatic heterocycles. The van der Waals surface area contributed by atoms with E-state index in [1.807, 2.05) is 0 Å². The number of ether oxygens (including phenoxy) is 2. The molecule has 0 unspecified atom stereocenters. The van der Waals surface area contributed by atoms with Crippen LogP contribution in [0.2, 0.25) is 0 Å². The monoisotopic (exact) mass is 284 g/mol. The molecule has 0 amide bonds. The van der Waals surface area contributed by atoms with Crippen LogP contribution in [0.3, 0.4) is 0 Å². The number of pyridine rings is 1. The number of esters is 2. The fourth-order valence-corrected chi connectivity index (χ4v) is 2.15. The number of carbonyl (C=O) groups is 2. The molecule has 0 aliphatic carbocycles. The second-order valence-corrected chi connectivity index (χ2v) is 4.56. The van der Waals surface area contributed by atoms with Crippen molar-refractivity contribution < 1.29 is 19.1 Å². The van der Waals surface area contributed by atoms with Gasteiger partial charge in [-0.3, -0.25) is 4.79 Å². The van der Waals surface area contributed by atoms with Crippen molar-refractivity contribution in [2.75, 3.05) is 25.2 Å². The first-order chi connectivity index (χ1) is 9.10. The Hall–Kier alpha value is -1.76. The maximum atomic E-state index is 11.6. The fourth-order valence-electron chi connectivity index (χ4n) is 1.29. The standard InChI is InChI=1S/C12H16N2O4S/c1-3-18-12(16)8-4-6-14-11(10(8)13)19-7-5-9(15)17-2/h4,6H,3,5,7,13H2,1-2H3. The summed E-state index contributed by atoms with van der Waals surface area (Å²) in [6, 6.07) is 1.51. The van der Waals surface area contributed by atoms with E-state index in [9.17, 15) is 9.59 Å². The molecule has 2 N–H and O–H groups in total. The number of nitrogen functional groups attached to an aromatic ring is 1. The molecule has 1 rings (SSSR count). The van der Waals surface area contributed by atoms with Crippen molar-refractivity contribution in [2.24, 2.45) is 0 Å². The van der Waals surface area contributed by atoms with E-state index in [1.165, 1.54) is 31.1 Å². The summed E-state index contributed by atoms with van der Waals surface area (Å²) in [7, 11) is 1.33. The normalized spacial score (nSPS) is 10.0. The molecule has 0 saturated heterocycles. The van der Waals surface area contributed by atoms with Crippen LogP contribution >= 0.6 is 11.8 Å². The third kappa shape index (κ3) is 4.44. The van der Waals surface area contributed by atoms with Gasteiger partial charge in [0.15, 0.2) is 0 Å². The number of nitrogens with zero attached hydrogens (tertiary/aromatic N) is 1. The van der Waals surface area contributed by atoms with E-state index < -0.39 is 5.97 Å². The highest BCUT2D eigenvalue weighted by atomic mass is 32.2. The van der Waals surface area contributed by atoms with E-state index in [4.69, 9.17) is 10.5 Å². The minimum absolute atomic E-state index is 0.256. The van der Waals surface area contributed by atoms with Crippen molar-refractivity contribution in [2.45, 2.75) is 18.4 Å². The molecule has 1 heterocycles. The van der Waals surface area contributed by atoms with Crippen LogP contribution in [0.15, 0.2) is 17.3 Å². The Balaban J connectivity index is 2.72. The van der Waals surface area contributed by atoms with Crippen LogP contribution < -0.4 is 5.73 Å². The molecule has 0 bridgehead atoms. The van der Waals surface area contributed by atoms with E-state index in [-0.39, 0.29) is 30.2 Å². The molecule has 104 valence electrons. The van der Waals surface area contributed by atoms with E-state index in [2.05, 4.69) is 9.72 Å². The van der Waals surface area contributed by atoms with Gasteiger partial charge in [0.2, 0.25) is 0 Å². The van der Waals surface area contributed by atoms with Crippen LogP contribution in [0.4, 0.5) is 5.69 Å². The Morgan fingerprint density at radius 3 is 2.84 bits per heavy atom. The van der Waals surface area contributed by atoms with E-state index in [1.54, 1.807) is 6.92 Å². The first-order valence-corrected chi connectivity index (χ1v) is 6.69. The highest BCUT2D eigenvalue weighted by Crippen LogP contribution is 2.26. The van der Waals surface area contributed by atoms with Crippen LogP contribution in [-0.2, 0) is 14.3 Å². The lowest BCUT2D eigenvalue weighted by atomic mass is 10.2. The van der Waals surface area contributed by atoms with Crippen molar-refractivity contribution >= 4 is 29.4 Å². The maximum Gasteiger partial charge on any atom is 0.340 e. The molecule has 0 radical (unpaired) electrons. The number of nitrogens with two attached hydrogens (primary N) is 1. The van der Waals surface area contributed by atoms with Gasteiger partial charge in [-0.2, -0.15) is 0 Å². The van der Waals surface area contributed by atoms with E-state index >= 15 is 0 Å². The Morgan fingerprint density at radius 1 is 1.47 bits per heavy atom. The number of anilines is 1. The molecule has 0 aliphatic rings. The quantitative estimate of drug-likeness (QED) is 0.625. The van der Waals surface area contributed by atoms with Crippen molar-refractivity contribution in [3.05, 3.63) is 17.8 Å². The van der Waals surface area contributed by atoms with Gasteiger partial charge in [0.05, 0.1) is 31.4 Å². The zero-order valence-electron chi connectivity index (χ0n) is 10.8. The average molecular weight is 284 g/mol. The van der Waals surface area contributed by atoms with Crippen LogP contribution in [0.1, 0.15) is 23.7 Å². The first kappa shape index (κ1) is 15.3. The third-order valence-corrected chi connectivity index (χ3v) is 3.23. The van der Waals surface area contributed by atoms with Crippen LogP contribution in [0.5, 0.6) is 0 Å². The molecule has 0 atom stereocenters. The van der Waals surface area contributed by atoms with Gasteiger partial charge >= 0.3 is 11.9 Å². The number of rotatable bonds is 6. The van der Waals surface area contributed by atoms with Crippen molar-refractivity contribution in [3.8, 4) is 0 Å². The van der Waals surface area contributed by atoms with Crippen molar-refractivity contribution in [1.29, 1.82) is 0 Å². The highest BCUT2D eigenvalue weighted by molar-refractivity contribution is 7.99. The molecule has 19 heavy (non-hydrogen) atoms. The van der Waals surface area contributed by atoms with Gasteiger partial charge in [0.1, 0.15) is 5.03 Å². The van der Waals surface area contributed by atoms with Crippen LogP contribution in [0, 0.1) is 0 Å². The largest absolute Gasteiger partial charge is 0.469 e. The second kappa shape index (κ2) is 7.63. The van der Waals surface area contributed by atoms with E-state index in [0.29, 0.717) is 10.8 Å². The Labute approximate surface area is 115 Å². The summed E-state index contributed by atoms with van der Waals surface area (Å²) in [5.74, 6) is -0.291. The predicted octanol–water partition coefficient (Wildman–Crippen LogP) is 1.50. The number of hydrogen-bond acceptors (Lipinski definition) is 7. The summed E-state index contributed by atoms with van der Waals surface area (Å²) in [5.41, 5.74) is 6.43. The molecule has 0 aliphatic heterocycles. The van der Waals surface area contributed by atoms with E-state index in [0.717, 1.165) is 0 Å². The molecule has 7 heteroatoms. The minimum Gasteiger partial charge on any atom is -0.469 e. The van der Waals surface area contributed by atoms with Crippen molar-refractivity contribution in [3.63, 3.8) is 0 Å². The van der Waals surface area contributed by atoms with Gasteiger partial charge < -0.3 is 15.2 Å². The molecule has 0 aromatic carbocycles. The topological polar surface area (TPSA) is 91.5 Å². The lowest BCUT2D eigenvalue weighted by Crippen LogP contribution is -2.09. The number of aromatic nitrogens is 1. The number of hydrogen-bond donors (Lipinski definition) is 1. The molecule has 6 nitrogen and oxygen atoms in total. The Bertz CT molecular complexity index is 465. The van der Waals surface area contributed by atoms with Crippen molar-refractivity contribution in [1.82, 2.24) is 4.98 Å². The van der Waals surface area contributed by atoms with Gasteiger partial charge in [-0.15, -0.1) is 11.8 Å². The zero-order valence-corrected chi connectivity index (χ0v) is 11.7. The van der Waals surface area contributed by atoms with Gasteiger partial charge in [-0.1, -0.05) is 0 Å². The smallest absolute Gasteiger partial charge is 0.340 e. The number of thioether (sulfide) groups is 1. The summed E-state index contributed by atoms with van der Waals surface area (Å²) >= 11 is 1.30. The van der Waals surface area contributed by atoms with Gasteiger partial charge in [0.25, 0.3) is 0 Å². The van der Waals surface area contributed by atoms with Gasteiger partial charge in [0, 0.05) is 11.9 Å². The van der Waals surface area contributed by atoms with Gasteiger partial charge in [-0.25, -0.2) is 9.78 Å². The minimum atomic E-state index is -0.475. The number of methoxy groups -OCH3 is 1. The number of carbonyl (C=O) groups excluding carboxylic acids is 2. The third-order valence-electron chi connectivity index (χ3n) is 2.22. The highest BCUT2D eigenvalue weighted by Gasteiger charge is 2.15. The van der Waals surface area contributed by atoms with Gasteiger partial charge in [-0.05, 0) is 13.0 Å². The Morgan fingerprint density at radius 2 is 2.21 bits per heavy atom. The summed E-state index contributed by atoms with van der Waals surface area (Å²) in [4.78, 5) is 26.7. The van der Waals surface area contributed by atoms with Crippen LogP contribution in [-0.4, -0.2) is 36.4 Å². The SMILES string of the molecule is CCOC(=O)c1ccnc(SCCC(=O)OC)c1N. The zero-order chi connectivity index (χ0) is 14.3. The summed E-state index contributed by atoms with van der Waals surface area (Å²) in [5, 5.41) is 0.509. The molecule has 0 spiro atoms. The predicted molar refractivity (Wildman–Crippen MR) is 72.0 cm³/mol. The maximum absolute atomic E-state index is 11.6.